The maximum atomic E-state index is 2.54. The molecule has 0 N–H and O–H groups in total. The molecule has 0 heterocycles. The Morgan fingerprint density at radius 3 is 2.29 bits per heavy atom. The summed E-state index contributed by atoms with van der Waals surface area (Å²) in [6.45, 7) is 11.7. The largest absolute Gasteiger partial charge is 0.0714 e. The van der Waals surface area contributed by atoms with E-state index < -0.39 is 8.80 Å². The number of aryl methyl sites for hydroxylation is 2. The van der Waals surface area contributed by atoms with Crippen LogP contribution in [0.25, 0.3) is 16.7 Å². The Morgan fingerprint density at radius 1 is 0.750 bits per heavy atom. The van der Waals surface area contributed by atoms with E-state index in [0.29, 0.717) is 11.5 Å². The molecule has 0 fully saturated rings. The minimum absolute atomic E-state index is 0.386. The molecule has 0 radical (unpaired) electrons. The predicted octanol–water partition coefficient (Wildman–Crippen LogP) is 6.99. The number of hydrogen-bond donors (Lipinski definition) is 0. The molecule has 0 aromatic heterocycles. The number of hydrogen-bond acceptors (Lipinski definition) is 0. The van der Waals surface area contributed by atoms with E-state index in [2.05, 4.69) is 94.5 Å². The van der Waals surface area contributed by atoms with Crippen molar-refractivity contribution in [1.29, 1.82) is 0 Å². The van der Waals surface area contributed by atoms with E-state index in [1.165, 1.54) is 44.5 Å². The Balaban J connectivity index is 1.67. The van der Waals surface area contributed by atoms with E-state index >= 15 is 0 Å². The topological polar surface area (TPSA) is 0 Å². The number of rotatable bonds is 2. The van der Waals surface area contributed by atoms with Crippen LogP contribution < -0.4 is 0 Å². The highest BCUT2D eigenvalue weighted by atomic mass is 28.3. The Labute approximate surface area is 170 Å². The zero-order valence-electron chi connectivity index (χ0n) is 17.5. The minimum Gasteiger partial charge on any atom is -0.0714 e. The third-order valence-corrected chi connectivity index (χ3v) is 8.73. The average Bonchev–Trinajstić information content (AvgIpc) is 3.16. The molecule has 140 valence electrons. The van der Waals surface area contributed by atoms with E-state index in [1.807, 2.05) is 0 Å². The van der Waals surface area contributed by atoms with Crippen molar-refractivity contribution in [3.05, 3.63) is 99.6 Å². The highest BCUT2D eigenvalue weighted by Crippen LogP contribution is 2.48. The van der Waals surface area contributed by atoms with E-state index in [-0.39, 0.29) is 0 Å². The van der Waals surface area contributed by atoms with E-state index in [4.69, 9.17) is 0 Å². The fourth-order valence-electron chi connectivity index (χ4n) is 5.66. The van der Waals surface area contributed by atoms with Crippen molar-refractivity contribution in [2.75, 3.05) is 0 Å². The van der Waals surface area contributed by atoms with E-state index in [0.717, 1.165) is 0 Å². The van der Waals surface area contributed by atoms with E-state index in [9.17, 15) is 0 Å². The molecule has 0 amide bonds. The Hall–Kier alpha value is -2.38. The van der Waals surface area contributed by atoms with Crippen molar-refractivity contribution >= 4 is 14.4 Å². The highest BCUT2D eigenvalue weighted by Gasteiger charge is 2.32. The first-order chi connectivity index (χ1) is 13.5. The summed E-state index contributed by atoms with van der Waals surface area (Å²) in [5.74, 6) is 0.386. The monoisotopic (exact) mass is 380 g/mol. The molecule has 2 aliphatic rings. The zero-order chi connectivity index (χ0) is 19.6. The Morgan fingerprint density at radius 2 is 1.50 bits per heavy atom. The molecule has 0 bridgehead atoms. The first-order valence-electron chi connectivity index (χ1n) is 10.5. The van der Waals surface area contributed by atoms with Crippen LogP contribution in [0.1, 0.15) is 57.3 Å². The number of allylic oxidation sites excluding steroid dienone is 2. The molecule has 1 heteroatoms. The molecular formula is C27H28Si. The lowest BCUT2D eigenvalue weighted by molar-refractivity contribution is 1.03. The molecule has 0 saturated heterocycles. The quantitative estimate of drug-likeness (QED) is 0.420. The van der Waals surface area contributed by atoms with Gasteiger partial charge in [-0.25, -0.2) is 0 Å². The standard InChI is InChI=1S/C27H28Si/c1-16-12-17(2)26-18(3)14-23(24(26)13-16)19-10-11-21-20-8-6-7-9-22(20)27(28(4)5)25(21)15-19/h6-15,23,27-28H,1-5H3. The molecule has 2 unspecified atom stereocenters. The van der Waals surface area contributed by atoms with Gasteiger partial charge in [0.25, 0.3) is 0 Å². The minimum atomic E-state index is -0.863. The summed E-state index contributed by atoms with van der Waals surface area (Å²) in [5.41, 5.74) is 15.3. The van der Waals surface area contributed by atoms with Gasteiger partial charge in [0.05, 0.1) is 0 Å². The molecule has 0 spiro atoms. The molecule has 0 saturated carbocycles. The first kappa shape index (κ1) is 17.7. The number of fused-ring (bicyclic) bond motifs is 4. The lowest BCUT2D eigenvalue weighted by atomic mass is 9.88. The van der Waals surface area contributed by atoms with Gasteiger partial charge in [-0.1, -0.05) is 79.3 Å². The normalized spacial score (nSPS) is 19.4. The van der Waals surface area contributed by atoms with Crippen LogP contribution in [0.5, 0.6) is 0 Å². The van der Waals surface area contributed by atoms with Gasteiger partial charge in [0.1, 0.15) is 0 Å². The molecule has 2 atom stereocenters. The molecule has 2 aliphatic carbocycles. The lowest BCUT2D eigenvalue weighted by Gasteiger charge is -2.19. The molecule has 28 heavy (non-hydrogen) atoms. The molecule has 3 aromatic carbocycles. The number of benzene rings is 3. The van der Waals surface area contributed by atoms with Crippen molar-refractivity contribution in [1.82, 2.24) is 0 Å². The fourth-order valence-corrected chi connectivity index (χ4v) is 7.66. The van der Waals surface area contributed by atoms with Crippen molar-refractivity contribution in [2.24, 2.45) is 0 Å². The van der Waals surface area contributed by atoms with Crippen molar-refractivity contribution in [3.8, 4) is 11.1 Å². The molecule has 0 nitrogen and oxygen atoms in total. The van der Waals surface area contributed by atoms with Crippen LogP contribution in [0.3, 0.4) is 0 Å². The predicted molar refractivity (Wildman–Crippen MR) is 124 cm³/mol. The summed E-state index contributed by atoms with van der Waals surface area (Å²) >= 11 is 0. The van der Waals surface area contributed by atoms with Gasteiger partial charge in [0.15, 0.2) is 0 Å². The molecule has 5 rings (SSSR count). The third-order valence-electron chi connectivity index (χ3n) is 6.68. The summed E-state index contributed by atoms with van der Waals surface area (Å²) in [5, 5.41) is 0. The summed E-state index contributed by atoms with van der Waals surface area (Å²) in [4.78, 5) is 0. The second kappa shape index (κ2) is 6.32. The molecular weight excluding hydrogens is 352 g/mol. The van der Waals surface area contributed by atoms with Crippen LogP contribution in [0.2, 0.25) is 13.1 Å². The third kappa shape index (κ3) is 2.49. The summed E-state index contributed by atoms with van der Waals surface area (Å²) < 4.78 is 0. The average molecular weight is 381 g/mol. The zero-order valence-corrected chi connectivity index (χ0v) is 18.7. The molecule has 3 aromatic rings. The first-order valence-corrected chi connectivity index (χ1v) is 13.5. The maximum Gasteiger partial charge on any atom is 0.0444 e. The Kier molecular flexibility index (Phi) is 3.99. The van der Waals surface area contributed by atoms with Crippen LogP contribution >= 0.6 is 0 Å². The summed E-state index contributed by atoms with van der Waals surface area (Å²) in [7, 11) is -0.863. The van der Waals surface area contributed by atoms with Gasteiger partial charge >= 0.3 is 0 Å². The van der Waals surface area contributed by atoms with Gasteiger partial charge < -0.3 is 0 Å². The van der Waals surface area contributed by atoms with Crippen LogP contribution in [-0.4, -0.2) is 8.80 Å². The Bertz CT molecular complexity index is 1130. The van der Waals surface area contributed by atoms with Crippen molar-refractivity contribution in [3.63, 3.8) is 0 Å². The van der Waals surface area contributed by atoms with Gasteiger partial charge in [-0.2, -0.15) is 0 Å². The second-order valence-electron chi connectivity index (χ2n) is 9.03. The lowest BCUT2D eigenvalue weighted by Crippen LogP contribution is -2.15. The van der Waals surface area contributed by atoms with Crippen LogP contribution in [0.15, 0.2) is 60.7 Å². The van der Waals surface area contributed by atoms with Crippen molar-refractivity contribution in [2.45, 2.75) is 45.3 Å². The van der Waals surface area contributed by atoms with Crippen LogP contribution in [-0.2, 0) is 0 Å². The maximum absolute atomic E-state index is 2.54. The summed E-state index contributed by atoms with van der Waals surface area (Å²) in [6, 6.07) is 21.1. The highest BCUT2D eigenvalue weighted by molar-refractivity contribution is 6.59. The summed E-state index contributed by atoms with van der Waals surface area (Å²) in [6.07, 6.45) is 2.47. The second-order valence-corrected chi connectivity index (χ2v) is 12.2. The van der Waals surface area contributed by atoms with Gasteiger partial charge in [0, 0.05) is 20.3 Å². The smallest absolute Gasteiger partial charge is 0.0444 e. The van der Waals surface area contributed by atoms with Crippen LogP contribution in [0, 0.1) is 13.8 Å². The van der Waals surface area contributed by atoms with Crippen LogP contribution in [0.4, 0.5) is 0 Å². The molecule has 0 aliphatic heterocycles. The van der Waals surface area contributed by atoms with Gasteiger partial charge in [-0.15, -0.1) is 0 Å². The van der Waals surface area contributed by atoms with Gasteiger partial charge in [-0.3, -0.25) is 0 Å². The van der Waals surface area contributed by atoms with E-state index in [1.54, 1.807) is 11.1 Å². The van der Waals surface area contributed by atoms with Gasteiger partial charge in [0.2, 0.25) is 0 Å². The fraction of sp³-hybridized carbons (Fsp3) is 0.259. The van der Waals surface area contributed by atoms with Gasteiger partial charge in [-0.05, 0) is 70.9 Å². The van der Waals surface area contributed by atoms with Crippen molar-refractivity contribution < 1.29 is 0 Å². The SMILES string of the molecule is CC1=CC(c2ccc3c(c2)C([SiH](C)C)c2ccccc2-3)c2cc(C)cc(C)c21.